The highest BCUT2D eigenvalue weighted by atomic mass is 32.1. The number of halogens is 3. The summed E-state index contributed by atoms with van der Waals surface area (Å²) in [6.07, 6.45) is 0.316. The summed E-state index contributed by atoms with van der Waals surface area (Å²) < 4.78 is 38.9. The minimum absolute atomic E-state index is 0. The molecule has 1 aliphatic carbocycles. The molecular formula is C22H27F3N4OS2. The van der Waals surface area contributed by atoms with Crippen LogP contribution >= 0.6 is 27.0 Å². The summed E-state index contributed by atoms with van der Waals surface area (Å²) in [6, 6.07) is 10.4. The molecule has 1 amide bonds. The first-order chi connectivity index (χ1) is 14.3. The van der Waals surface area contributed by atoms with Crippen molar-refractivity contribution in [2.45, 2.75) is 50.9 Å². The van der Waals surface area contributed by atoms with Crippen LogP contribution in [-0.2, 0) is 6.18 Å². The average molecular weight is 485 g/mol. The number of nitrogens with one attached hydrogen (secondary N) is 3. The van der Waals surface area contributed by atoms with Gasteiger partial charge in [0.15, 0.2) is 0 Å². The standard InChI is InChI=1S/C22H23F3N4O.2H2S/c1-13-10-16(11-20(27-13)22(23,24)25)28-14-6-8-15(9-7-14)29-21(30)18-12-26-19-5-3-2-4-17(18)19;;/h2-5,10-12,14-15,26H,6-9H2,1H3,(H,27,28)(H,29,30);2*1H2. The first-order valence-electron chi connectivity index (χ1n) is 9.99. The number of nitrogens with zero attached hydrogens (tertiary/aromatic N) is 1. The molecule has 0 saturated heterocycles. The molecule has 0 spiro atoms. The van der Waals surface area contributed by atoms with E-state index in [4.69, 9.17) is 0 Å². The maximum Gasteiger partial charge on any atom is 0.433 e. The van der Waals surface area contributed by atoms with Gasteiger partial charge >= 0.3 is 6.18 Å². The number of rotatable bonds is 4. The number of para-hydroxylation sites is 1. The maximum atomic E-state index is 13.0. The third-order valence-electron chi connectivity index (χ3n) is 5.51. The number of hydrogen-bond donors (Lipinski definition) is 3. The van der Waals surface area contributed by atoms with Crippen LogP contribution in [0.1, 0.15) is 47.4 Å². The molecule has 1 aromatic carbocycles. The van der Waals surface area contributed by atoms with E-state index in [1.807, 2.05) is 24.3 Å². The lowest BCUT2D eigenvalue weighted by Crippen LogP contribution is -2.40. The smallest absolute Gasteiger partial charge is 0.382 e. The summed E-state index contributed by atoms with van der Waals surface area (Å²) in [5.41, 5.74) is 1.41. The molecule has 10 heteroatoms. The summed E-state index contributed by atoms with van der Waals surface area (Å²) in [4.78, 5) is 19.3. The second-order valence-electron chi connectivity index (χ2n) is 7.79. The van der Waals surface area contributed by atoms with Gasteiger partial charge < -0.3 is 15.6 Å². The van der Waals surface area contributed by atoms with Gasteiger partial charge in [-0.1, -0.05) is 18.2 Å². The number of alkyl halides is 3. The third kappa shape index (κ3) is 5.92. The molecule has 3 aromatic rings. The molecular weight excluding hydrogens is 457 g/mol. The molecule has 5 nitrogen and oxygen atoms in total. The number of amides is 1. The van der Waals surface area contributed by atoms with Gasteiger partial charge in [0.25, 0.3) is 5.91 Å². The van der Waals surface area contributed by atoms with Gasteiger partial charge in [0.2, 0.25) is 0 Å². The number of benzene rings is 1. The highest BCUT2D eigenvalue weighted by Gasteiger charge is 2.33. The molecule has 1 aliphatic rings. The molecule has 0 bridgehead atoms. The highest BCUT2D eigenvalue weighted by Crippen LogP contribution is 2.31. The van der Waals surface area contributed by atoms with Gasteiger partial charge in [-0.3, -0.25) is 4.79 Å². The molecule has 2 heterocycles. The van der Waals surface area contributed by atoms with Crippen LogP contribution in [-0.4, -0.2) is 28.0 Å². The fraction of sp³-hybridized carbons (Fsp3) is 0.364. The van der Waals surface area contributed by atoms with E-state index in [0.717, 1.165) is 42.7 Å². The van der Waals surface area contributed by atoms with Crippen molar-refractivity contribution in [3.63, 3.8) is 0 Å². The van der Waals surface area contributed by atoms with Crippen LogP contribution in [0.3, 0.4) is 0 Å². The van der Waals surface area contributed by atoms with Gasteiger partial charge in [-0.25, -0.2) is 4.98 Å². The van der Waals surface area contributed by atoms with Crippen molar-refractivity contribution in [2.75, 3.05) is 5.32 Å². The topological polar surface area (TPSA) is 69.8 Å². The summed E-state index contributed by atoms with van der Waals surface area (Å²) in [5.74, 6) is -0.108. The molecule has 1 saturated carbocycles. The van der Waals surface area contributed by atoms with E-state index in [9.17, 15) is 18.0 Å². The largest absolute Gasteiger partial charge is 0.433 e. The van der Waals surface area contributed by atoms with E-state index < -0.39 is 11.9 Å². The van der Waals surface area contributed by atoms with Crippen LogP contribution in [0.15, 0.2) is 42.6 Å². The van der Waals surface area contributed by atoms with Crippen LogP contribution in [0, 0.1) is 6.92 Å². The zero-order valence-corrected chi connectivity index (χ0v) is 19.5. The monoisotopic (exact) mass is 484 g/mol. The minimum Gasteiger partial charge on any atom is -0.382 e. The molecule has 0 radical (unpaired) electrons. The number of carbonyl (C=O) groups excluding carboxylic acids is 1. The molecule has 0 atom stereocenters. The summed E-state index contributed by atoms with van der Waals surface area (Å²) >= 11 is 0. The Labute approximate surface area is 198 Å². The second-order valence-corrected chi connectivity index (χ2v) is 7.79. The molecule has 32 heavy (non-hydrogen) atoms. The van der Waals surface area contributed by atoms with Gasteiger partial charge in [-0.05, 0) is 50.8 Å². The van der Waals surface area contributed by atoms with Crippen LogP contribution in [0.25, 0.3) is 10.9 Å². The fourth-order valence-electron chi connectivity index (χ4n) is 4.04. The lowest BCUT2D eigenvalue weighted by atomic mass is 9.90. The summed E-state index contributed by atoms with van der Waals surface area (Å²) in [6.45, 7) is 1.55. The highest BCUT2D eigenvalue weighted by molar-refractivity contribution is 7.59. The van der Waals surface area contributed by atoms with Crippen LogP contribution in [0.5, 0.6) is 0 Å². The molecule has 0 unspecified atom stereocenters. The number of H-pyrrole nitrogens is 1. The van der Waals surface area contributed by atoms with Crippen LogP contribution in [0.2, 0.25) is 0 Å². The van der Waals surface area contributed by atoms with Crippen molar-refractivity contribution >= 4 is 49.5 Å². The van der Waals surface area contributed by atoms with E-state index in [-0.39, 0.29) is 45.0 Å². The fourth-order valence-corrected chi connectivity index (χ4v) is 4.04. The lowest BCUT2D eigenvalue weighted by Gasteiger charge is -2.30. The zero-order valence-electron chi connectivity index (χ0n) is 17.5. The van der Waals surface area contributed by atoms with Gasteiger partial charge in [0.1, 0.15) is 5.69 Å². The van der Waals surface area contributed by atoms with Crippen LogP contribution < -0.4 is 10.6 Å². The molecule has 2 aromatic heterocycles. The molecule has 3 N–H and O–H groups in total. The van der Waals surface area contributed by atoms with Gasteiger partial charge in [-0.2, -0.15) is 40.2 Å². The number of aryl methyl sites for hydroxylation is 1. The van der Waals surface area contributed by atoms with Crippen molar-refractivity contribution in [3.05, 3.63) is 59.5 Å². The summed E-state index contributed by atoms with van der Waals surface area (Å²) in [7, 11) is 0. The number of pyridine rings is 1. The number of aromatic amines is 1. The molecule has 0 aliphatic heterocycles. The van der Waals surface area contributed by atoms with Crippen molar-refractivity contribution in [3.8, 4) is 0 Å². The zero-order chi connectivity index (χ0) is 21.3. The molecule has 174 valence electrons. The van der Waals surface area contributed by atoms with Crippen molar-refractivity contribution in [1.82, 2.24) is 15.3 Å². The number of anilines is 1. The van der Waals surface area contributed by atoms with E-state index >= 15 is 0 Å². The number of aromatic nitrogens is 2. The first-order valence-corrected chi connectivity index (χ1v) is 9.99. The predicted octanol–water partition coefficient (Wildman–Crippen LogP) is 5.27. The normalized spacial score (nSPS) is 18.4. The third-order valence-corrected chi connectivity index (χ3v) is 5.51. The Kier molecular flexibility index (Phi) is 8.53. The Morgan fingerprint density at radius 3 is 2.41 bits per heavy atom. The van der Waals surface area contributed by atoms with E-state index in [2.05, 4.69) is 20.6 Å². The van der Waals surface area contributed by atoms with Crippen molar-refractivity contribution in [2.24, 2.45) is 0 Å². The van der Waals surface area contributed by atoms with Gasteiger partial charge in [0.05, 0.1) is 5.56 Å². The number of carbonyl (C=O) groups is 1. The predicted molar refractivity (Wildman–Crippen MR) is 130 cm³/mol. The Morgan fingerprint density at radius 1 is 1.06 bits per heavy atom. The molecule has 1 fully saturated rings. The minimum atomic E-state index is -4.47. The lowest BCUT2D eigenvalue weighted by molar-refractivity contribution is -0.141. The Hall–Kier alpha value is -2.33. The SMILES string of the molecule is Cc1cc(NC2CCC(NC(=O)c3c[nH]c4ccccc34)CC2)cc(C(F)(F)F)n1.S.S. The Morgan fingerprint density at radius 2 is 1.72 bits per heavy atom. The number of hydrogen-bond acceptors (Lipinski definition) is 3. The van der Waals surface area contributed by atoms with E-state index in [1.54, 1.807) is 19.2 Å². The van der Waals surface area contributed by atoms with Gasteiger partial charge in [-0.15, -0.1) is 0 Å². The second kappa shape index (κ2) is 10.5. The Balaban J connectivity index is 0.00000181. The van der Waals surface area contributed by atoms with Gasteiger partial charge in [0, 0.05) is 40.6 Å². The van der Waals surface area contributed by atoms with E-state index in [0.29, 0.717) is 16.9 Å². The van der Waals surface area contributed by atoms with Crippen molar-refractivity contribution < 1.29 is 18.0 Å². The average Bonchev–Trinajstić information content (AvgIpc) is 3.13. The first kappa shape index (κ1) is 25.9. The number of fused-ring (bicyclic) bond motifs is 1. The van der Waals surface area contributed by atoms with E-state index in [1.165, 1.54) is 0 Å². The summed E-state index contributed by atoms with van der Waals surface area (Å²) in [5, 5.41) is 7.18. The quantitative estimate of drug-likeness (QED) is 0.473. The maximum absolute atomic E-state index is 13.0. The Bertz CT molecular complexity index is 1060. The van der Waals surface area contributed by atoms with Crippen LogP contribution in [0.4, 0.5) is 18.9 Å². The van der Waals surface area contributed by atoms with Crippen molar-refractivity contribution in [1.29, 1.82) is 0 Å². The molecule has 4 rings (SSSR count).